The Morgan fingerprint density at radius 3 is 2.76 bits per heavy atom. The van der Waals surface area contributed by atoms with E-state index in [1.165, 1.54) is 6.33 Å². The summed E-state index contributed by atoms with van der Waals surface area (Å²) in [4.78, 5) is 16.9. The maximum atomic E-state index is 12.7. The third-order valence-electron chi connectivity index (χ3n) is 3.90. The van der Waals surface area contributed by atoms with Gasteiger partial charge in [0.15, 0.2) is 0 Å². The number of nitrogens with zero attached hydrogens (tertiary/aromatic N) is 3. The molecule has 0 amide bonds. The molecule has 0 fully saturated rings. The Labute approximate surface area is 146 Å². The molecule has 7 nitrogen and oxygen atoms in total. The largest absolute Gasteiger partial charge is 0.460 e. The summed E-state index contributed by atoms with van der Waals surface area (Å²) >= 11 is 0. The molecule has 1 atom stereocenters. The van der Waals surface area contributed by atoms with Crippen molar-refractivity contribution in [2.45, 2.75) is 32.9 Å². The highest BCUT2D eigenvalue weighted by Crippen LogP contribution is 2.34. The van der Waals surface area contributed by atoms with Crippen LogP contribution in [-0.4, -0.2) is 40.1 Å². The number of allylic oxidation sites excluding steroid dienone is 1. The number of rotatable bonds is 6. The van der Waals surface area contributed by atoms with Crippen molar-refractivity contribution in [3.8, 4) is 0 Å². The number of aromatic nitrogens is 3. The zero-order valence-electron chi connectivity index (χ0n) is 14.6. The number of carbonyl (C=O) groups excluding carboxylic acids is 1. The average molecular weight is 342 g/mol. The van der Waals surface area contributed by atoms with Crippen LogP contribution in [-0.2, 0) is 14.3 Å². The van der Waals surface area contributed by atoms with Gasteiger partial charge in [-0.05, 0) is 26.3 Å². The standard InChI is InChI=1S/C18H22N4O3/c1-12(2)24-9-10-25-17(23)15-13(3)21-18-19-11-20-22(18)16(15)14-7-5-4-6-8-14/h4-8,11-12,16H,9-10H2,1-3H3,(H,19,20,21)/t16-/m1/s1. The molecule has 2 heterocycles. The quantitative estimate of drug-likeness (QED) is 0.642. The minimum absolute atomic E-state index is 0.103. The fourth-order valence-corrected chi connectivity index (χ4v) is 2.79. The molecule has 1 N–H and O–H groups in total. The highest BCUT2D eigenvalue weighted by Gasteiger charge is 2.34. The topological polar surface area (TPSA) is 78.3 Å². The molecule has 0 unspecified atom stereocenters. The lowest BCUT2D eigenvalue weighted by molar-refractivity contribution is -0.141. The van der Waals surface area contributed by atoms with Crippen molar-refractivity contribution in [3.63, 3.8) is 0 Å². The molecule has 2 aromatic rings. The molecule has 3 rings (SSSR count). The first-order chi connectivity index (χ1) is 12.1. The second-order valence-corrected chi connectivity index (χ2v) is 6.06. The lowest BCUT2D eigenvalue weighted by atomic mass is 9.96. The highest BCUT2D eigenvalue weighted by molar-refractivity contribution is 5.92. The first-order valence-corrected chi connectivity index (χ1v) is 8.29. The molecule has 0 bridgehead atoms. The molecule has 0 saturated carbocycles. The van der Waals surface area contributed by atoms with Crippen LogP contribution >= 0.6 is 0 Å². The molecule has 0 radical (unpaired) electrons. The molecule has 1 aromatic carbocycles. The number of benzene rings is 1. The summed E-state index contributed by atoms with van der Waals surface area (Å²) in [6.07, 6.45) is 1.57. The van der Waals surface area contributed by atoms with E-state index in [1.54, 1.807) is 4.68 Å². The van der Waals surface area contributed by atoms with Crippen LogP contribution in [0, 0.1) is 0 Å². The van der Waals surface area contributed by atoms with Gasteiger partial charge < -0.3 is 14.8 Å². The van der Waals surface area contributed by atoms with Crippen LogP contribution in [0.3, 0.4) is 0 Å². The molecule has 7 heteroatoms. The van der Waals surface area contributed by atoms with Crippen LogP contribution in [0.2, 0.25) is 0 Å². The van der Waals surface area contributed by atoms with Gasteiger partial charge in [-0.2, -0.15) is 10.1 Å². The maximum absolute atomic E-state index is 12.7. The Hall–Kier alpha value is -2.67. The number of anilines is 1. The third kappa shape index (κ3) is 3.71. The normalized spacial score (nSPS) is 16.6. The van der Waals surface area contributed by atoms with Crippen molar-refractivity contribution in [2.75, 3.05) is 18.5 Å². The van der Waals surface area contributed by atoms with Crippen molar-refractivity contribution < 1.29 is 14.3 Å². The first kappa shape index (κ1) is 17.2. The van der Waals surface area contributed by atoms with Gasteiger partial charge in [0.1, 0.15) is 19.0 Å². The number of fused-ring (bicyclic) bond motifs is 1. The number of carbonyl (C=O) groups is 1. The molecular formula is C18H22N4O3. The van der Waals surface area contributed by atoms with Gasteiger partial charge in [-0.15, -0.1) is 0 Å². The van der Waals surface area contributed by atoms with Gasteiger partial charge in [0.25, 0.3) is 0 Å². The first-order valence-electron chi connectivity index (χ1n) is 8.29. The summed E-state index contributed by atoms with van der Waals surface area (Å²) in [7, 11) is 0. The van der Waals surface area contributed by atoms with Gasteiger partial charge in [0, 0.05) is 5.70 Å². The van der Waals surface area contributed by atoms with Crippen LogP contribution < -0.4 is 5.32 Å². The average Bonchev–Trinajstić information content (AvgIpc) is 3.05. The Morgan fingerprint density at radius 2 is 2.04 bits per heavy atom. The molecular weight excluding hydrogens is 320 g/mol. The highest BCUT2D eigenvalue weighted by atomic mass is 16.6. The van der Waals surface area contributed by atoms with E-state index in [1.807, 2.05) is 51.1 Å². The molecule has 132 valence electrons. The molecule has 1 aromatic heterocycles. The Kier molecular flexibility index (Phi) is 5.14. The molecule has 1 aliphatic heterocycles. The molecule has 1 aliphatic rings. The lowest BCUT2D eigenvalue weighted by Crippen LogP contribution is -2.30. The van der Waals surface area contributed by atoms with Crippen molar-refractivity contribution >= 4 is 11.9 Å². The summed E-state index contributed by atoms with van der Waals surface area (Å²) in [6, 6.07) is 9.35. The van der Waals surface area contributed by atoms with E-state index in [2.05, 4.69) is 15.4 Å². The monoisotopic (exact) mass is 342 g/mol. The maximum Gasteiger partial charge on any atom is 0.338 e. The number of esters is 1. The minimum Gasteiger partial charge on any atom is -0.460 e. The van der Waals surface area contributed by atoms with Gasteiger partial charge in [-0.1, -0.05) is 30.3 Å². The van der Waals surface area contributed by atoms with Crippen LogP contribution in [0.5, 0.6) is 0 Å². The van der Waals surface area contributed by atoms with Crippen LogP contribution in [0.4, 0.5) is 5.95 Å². The lowest BCUT2D eigenvalue weighted by Gasteiger charge is -2.28. The zero-order chi connectivity index (χ0) is 17.8. The molecule has 0 saturated heterocycles. The minimum atomic E-state index is -0.382. The molecule has 0 spiro atoms. The van der Waals surface area contributed by atoms with E-state index >= 15 is 0 Å². The second-order valence-electron chi connectivity index (χ2n) is 6.06. The second kappa shape index (κ2) is 7.48. The summed E-state index contributed by atoms with van der Waals surface area (Å²) < 4.78 is 12.5. The van der Waals surface area contributed by atoms with Crippen molar-refractivity contribution in [3.05, 3.63) is 53.5 Å². The Bertz CT molecular complexity index is 768. The van der Waals surface area contributed by atoms with Gasteiger partial charge in [-0.3, -0.25) is 0 Å². The fourth-order valence-electron chi connectivity index (χ4n) is 2.79. The molecule has 0 aliphatic carbocycles. The summed E-state index contributed by atoms with van der Waals surface area (Å²) in [6.45, 7) is 6.30. The van der Waals surface area contributed by atoms with Gasteiger partial charge >= 0.3 is 5.97 Å². The number of nitrogens with one attached hydrogen (secondary N) is 1. The van der Waals surface area contributed by atoms with Crippen molar-refractivity contribution in [1.29, 1.82) is 0 Å². The SMILES string of the molecule is CC1=C(C(=O)OCCOC(C)C)[C@@H](c2ccccc2)n2ncnc2N1. The predicted octanol–water partition coefficient (Wildman–Crippen LogP) is 2.54. The Morgan fingerprint density at radius 1 is 1.28 bits per heavy atom. The van der Waals surface area contributed by atoms with Gasteiger partial charge in [0.2, 0.25) is 5.95 Å². The van der Waals surface area contributed by atoms with Crippen LogP contribution in [0.1, 0.15) is 32.4 Å². The summed E-state index contributed by atoms with van der Waals surface area (Å²) in [5, 5.41) is 7.39. The predicted molar refractivity (Wildman–Crippen MR) is 93.0 cm³/mol. The van der Waals surface area contributed by atoms with E-state index in [9.17, 15) is 4.79 Å². The number of hydrogen-bond acceptors (Lipinski definition) is 6. The van der Waals surface area contributed by atoms with E-state index in [4.69, 9.17) is 9.47 Å². The Balaban J connectivity index is 1.86. The van der Waals surface area contributed by atoms with Crippen LogP contribution in [0.25, 0.3) is 0 Å². The third-order valence-corrected chi connectivity index (χ3v) is 3.90. The number of hydrogen-bond donors (Lipinski definition) is 1. The van der Waals surface area contributed by atoms with E-state index in [0.29, 0.717) is 23.8 Å². The summed E-state index contributed by atoms with van der Waals surface area (Å²) in [5.74, 6) is 0.221. The van der Waals surface area contributed by atoms with Crippen molar-refractivity contribution in [2.24, 2.45) is 0 Å². The number of ether oxygens (including phenoxy) is 2. The van der Waals surface area contributed by atoms with E-state index in [0.717, 1.165) is 5.56 Å². The fraction of sp³-hybridized carbons (Fsp3) is 0.389. The van der Waals surface area contributed by atoms with Gasteiger partial charge in [0.05, 0.1) is 18.3 Å². The van der Waals surface area contributed by atoms with Crippen LogP contribution in [0.15, 0.2) is 47.9 Å². The van der Waals surface area contributed by atoms with E-state index < -0.39 is 0 Å². The summed E-state index contributed by atoms with van der Waals surface area (Å²) in [5.41, 5.74) is 2.18. The smallest absolute Gasteiger partial charge is 0.338 e. The zero-order valence-corrected chi connectivity index (χ0v) is 14.6. The van der Waals surface area contributed by atoms with E-state index in [-0.39, 0.29) is 24.7 Å². The van der Waals surface area contributed by atoms with Gasteiger partial charge in [-0.25, -0.2) is 9.48 Å². The van der Waals surface area contributed by atoms with Crippen molar-refractivity contribution in [1.82, 2.24) is 14.8 Å². The molecule has 25 heavy (non-hydrogen) atoms.